The fourth-order valence-electron chi connectivity index (χ4n) is 4.05. The van der Waals surface area contributed by atoms with Crippen LogP contribution in [0.2, 0.25) is 0 Å². The van der Waals surface area contributed by atoms with Gasteiger partial charge in [-0.25, -0.2) is 0 Å². The van der Waals surface area contributed by atoms with E-state index in [-0.39, 0.29) is 42.2 Å². The number of hydrogen-bond donors (Lipinski definition) is 0. The number of amides is 1. The van der Waals surface area contributed by atoms with Gasteiger partial charge in [-0.1, -0.05) is 37.1 Å². The smallest absolute Gasteiger partial charge is 0.236 e. The van der Waals surface area contributed by atoms with Crippen LogP contribution < -0.4 is 0 Å². The van der Waals surface area contributed by atoms with Crippen molar-refractivity contribution in [2.24, 2.45) is 0 Å². The van der Waals surface area contributed by atoms with Gasteiger partial charge in [0, 0.05) is 33.2 Å². The van der Waals surface area contributed by atoms with Crippen LogP contribution >= 0.6 is 24.8 Å². The summed E-state index contributed by atoms with van der Waals surface area (Å²) >= 11 is 0. The largest absolute Gasteiger partial charge is 0.412 e. The monoisotopic (exact) mass is 433 g/mol. The van der Waals surface area contributed by atoms with Crippen LogP contribution in [0.25, 0.3) is 0 Å². The van der Waals surface area contributed by atoms with Gasteiger partial charge in [0.25, 0.3) is 0 Å². The van der Waals surface area contributed by atoms with E-state index < -0.39 is 0 Å². The normalized spacial score (nSPS) is 19.1. The zero-order valence-corrected chi connectivity index (χ0v) is 19.0. The Bertz CT molecular complexity index is 572. The average molecular weight is 434 g/mol. The van der Waals surface area contributed by atoms with Crippen LogP contribution in [0.3, 0.4) is 0 Å². The predicted octanol–water partition coefficient (Wildman–Crippen LogP) is 3.13. The Kier molecular flexibility index (Phi) is 12.3. The van der Waals surface area contributed by atoms with Crippen molar-refractivity contribution in [1.29, 1.82) is 0 Å². The Labute approximate surface area is 182 Å². The van der Waals surface area contributed by atoms with Crippen LogP contribution in [0.4, 0.5) is 0 Å². The fraction of sp³-hybridized carbons (Fsp3) is 0.667. The second-order valence-corrected chi connectivity index (χ2v) is 7.91. The Morgan fingerprint density at radius 3 is 2.14 bits per heavy atom. The molecule has 1 unspecified atom stereocenters. The molecule has 1 heterocycles. The van der Waals surface area contributed by atoms with E-state index in [2.05, 4.69) is 48.0 Å². The maximum absolute atomic E-state index is 12.7. The molecule has 1 aromatic carbocycles. The second kappa shape index (κ2) is 12.7. The first kappa shape index (κ1) is 27.1. The van der Waals surface area contributed by atoms with Crippen LogP contribution in [0.5, 0.6) is 0 Å². The van der Waals surface area contributed by atoms with E-state index in [0.717, 1.165) is 32.1 Å². The summed E-state index contributed by atoms with van der Waals surface area (Å²) in [6, 6.07) is 9.12. The van der Waals surface area contributed by atoms with Crippen molar-refractivity contribution in [3.8, 4) is 0 Å². The van der Waals surface area contributed by atoms with E-state index in [4.69, 9.17) is 0 Å². The number of hydrogen-bond acceptors (Lipinski definition) is 3. The lowest BCUT2D eigenvalue weighted by Gasteiger charge is -2.34. The molecule has 0 aromatic heterocycles. The number of piperazine rings is 1. The molecular weight excluding hydrogens is 397 g/mol. The number of carbonyl (C=O) groups is 1. The number of nitrogens with zero attached hydrogens (tertiary/aromatic N) is 3. The maximum atomic E-state index is 12.7. The van der Waals surface area contributed by atoms with Crippen LogP contribution in [-0.4, -0.2) is 72.9 Å². The minimum Gasteiger partial charge on any atom is -0.412 e. The predicted molar refractivity (Wildman–Crippen MR) is 121 cm³/mol. The average Bonchev–Trinajstić information content (AvgIpc) is 3.17. The molecule has 5 nitrogen and oxygen atoms in total. The third kappa shape index (κ3) is 6.89. The van der Waals surface area contributed by atoms with E-state index in [9.17, 15) is 4.79 Å². The highest BCUT2D eigenvalue weighted by Crippen LogP contribution is 2.34. The third-order valence-corrected chi connectivity index (χ3v) is 6.17. The Morgan fingerprint density at radius 2 is 1.61 bits per heavy atom. The van der Waals surface area contributed by atoms with Crippen LogP contribution in [0.15, 0.2) is 24.3 Å². The molecule has 1 aromatic rings. The van der Waals surface area contributed by atoms with E-state index in [0.29, 0.717) is 6.54 Å². The molecule has 1 saturated heterocycles. The summed E-state index contributed by atoms with van der Waals surface area (Å²) in [5.41, 5.74) is 2.70. The molecular formula is C21H37Cl2N3O2. The van der Waals surface area contributed by atoms with Gasteiger partial charge in [-0.3, -0.25) is 9.69 Å². The van der Waals surface area contributed by atoms with Gasteiger partial charge in [0.15, 0.2) is 0 Å². The summed E-state index contributed by atoms with van der Waals surface area (Å²) in [5.74, 6) is 0.970. The number of rotatable bonds is 5. The molecule has 7 heteroatoms. The summed E-state index contributed by atoms with van der Waals surface area (Å²) in [5, 5.41) is 0. The standard InChI is InChI=1S/C21H33N3O.2ClH.H2O/c1-17(18-8-10-20(11-9-18)19-6-4-5-7-19)23(3)21(25)16-24-14-12-22(2)13-15-24;;;/h8-11,17,19H,4-7,12-16H2,1-3H3;2*1H;1H2. The van der Waals surface area contributed by atoms with E-state index in [1.54, 1.807) is 0 Å². The van der Waals surface area contributed by atoms with E-state index in [1.807, 2.05) is 11.9 Å². The second-order valence-electron chi connectivity index (χ2n) is 7.91. The van der Waals surface area contributed by atoms with Gasteiger partial charge in [0.2, 0.25) is 5.91 Å². The number of halogens is 2. The van der Waals surface area contributed by atoms with E-state index >= 15 is 0 Å². The third-order valence-electron chi connectivity index (χ3n) is 6.17. The summed E-state index contributed by atoms with van der Waals surface area (Å²) < 4.78 is 0. The quantitative estimate of drug-likeness (QED) is 0.716. The number of benzene rings is 1. The summed E-state index contributed by atoms with van der Waals surface area (Å²) in [6.07, 6.45) is 5.40. The Hall–Kier alpha value is -0.850. The molecule has 0 bridgehead atoms. The molecule has 2 fully saturated rings. The van der Waals surface area contributed by atoms with Gasteiger partial charge in [-0.15, -0.1) is 24.8 Å². The van der Waals surface area contributed by atoms with Crippen molar-refractivity contribution >= 4 is 30.7 Å². The van der Waals surface area contributed by atoms with Crippen molar-refractivity contribution in [1.82, 2.24) is 14.7 Å². The SMILES string of the molecule is CC(c1ccc(C2CCCC2)cc1)N(C)C(=O)CN1CCN(C)CC1.Cl.Cl.O. The zero-order chi connectivity index (χ0) is 17.8. The van der Waals surface area contributed by atoms with Crippen molar-refractivity contribution < 1.29 is 10.3 Å². The lowest BCUT2D eigenvalue weighted by atomic mass is 9.95. The van der Waals surface area contributed by atoms with Crippen molar-refractivity contribution in [2.75, 3.05) is 46.8 Å². The molecule has 2 N–H and O–H groups in total. The molecule has 162 valence electrons. The van der Waals surface area contributed by atoms with Gasteiger partial charge in [0.05, 0.1) is 12.6 Å². The highest BCUT2D eigenvalue weighted by Gasteiger charge is 2.22. The lowest BCUT2D eigenvalue weighted by molar-refractivity contribution is -0.133. The van der Waals surface area contributed by atoms with Gasteiger partial charge >= 0.3 is 0 Å². The topological polar surface area (TPSA) is 58.3 Å². The summed E-state index contributed by atoms with van der Waals surface area (Å²) in [7, 11) is 4.08. The first-order chi connectivity index (χ1) is 12.0. The maximum Gasteiger partial charge on any atom is 0.236 e. The van der Waals surface area contributed by atoms with Crippen LogP contribution in [-0.2, 0) is 4.79 Å². The number of carbonyl (C=O) groups excluding carboxylic acids is 1. The van der Waals surface area contributed by atoms with Crippen molar-refractivity contribution in [2.45, 2.75) is 44.6 Å². The van der Waals surface area contributed by atoms with Crippen molar-refractivity contribution in [3.63, 3.8) is 0 Å². The summed E-state index contributed by atoms with van der Waals surface area (Å²) in [4.78, 5) is 19.2. The first-order valence-electron chi connectivity index (χ1n) is 9.81. The highest BCUT2D eigenvalue weighted by atomic mass is 35.5. The molecule has 1 saturated carbocycles. The van der Waals surface area contributed by atoms with Crippen LogP contribution in [0.1, 0.15) is 55.7 Å². The highest BCUT2D eigenvalue weighted by molar-refractivity contribution is 5.85. The molecule has 1 aliphatic carbocycles. The molecule has 3 rings (SSSR count). The number of likely N-dealkylation sites (N-methyl/N-ethyl adjacent to an activating group) is 2. The minimum absolute atomic E-state index is 0. The van der Waals surface area contributed by atoms with E-state index in [1.165, 1.54) is 36.8 Å². The molecule has 28 heavy (non-hydrogen) atoms. The van der Waals surface area contributed by atoms with Gasteiger partial charge in [-0.05, 0) is 43.9 Å². The van der Waals surface area contributed by atoms with Gasteiger partial charge < -0.3 is 15.3 Å². The molecule has 0 radical (unpaired) electrons. The lowest BCUT2D eigenvalue weighted by Crippen LogP contribution is -2.48. The molecule has 2 aliphatic rings. The Morgan fingerprint density at radius 1 is 1.07 bits per heavy atom. The van der Waals surface area contributed by atoms with Crippen molar-refractivity contribution in [3.05, 3.63) is 35.4 Å². The molecule has 1 amide bonds. The van der Waals surface area contributed by atoms with Gasteiger partial charge in [-0.2, -0.15) is 0 Å². The molecule has 0 spiro atoms. The Balaban J connectivity index is 0.00000243. The fourth-order valence-corrected chi connectivity index (χ4v) is 4.05. The molecule has 1 atom stereocenters. The molecule has 1 aliphatic heterocycles. The first-order valence-corrected chi connectivity index (χ1v) is 9.81. The van der Waals surface area contributed by atoms with Gasteiger partial charge in [0.1, 0.15) is 0 Å². The zero-order valence-electron chi connectivity index (χ0n) is 17.4. The minimum atomic E-state index is 0. The van der Waals surface area contributed by atoms with Crippen LogP contribution in [0, 0.1) is 0 Å². The summed E-state index contributed by atoms with van der Waals surface area (Å²) in [6.45, 7) is 6.74.